The number of likely N-dealkylation sites (N-methyl/N-ethyl adjacent to an activating group) is 1. The topological polar surface area (TPSA) is 96.1 Å². The maximum Gasteiger partial charge on any atom is 0.358 e. The number of aliphatic hydroxyl groups is 1. The Labute approximate surface area is 179 Å². The van der Waals surface area contributed by atoms with Crippen LogP contribution in [-0.2, 0) is 27.4 Å². The molecule has 9 heteroatoms. The summed E-state index contributed by atoms with van der Waals surface area (Å²) >= 11 is 1.46. The van der Waals surface area contributed by atoms with Crippen molar-refractivity contribution in [2.24, 2.45) is 0 Å². The highest BCUT2D eigenvalue weighted by molar-refractivity contribution is 7.97. The zero-order valence-electron chi connectivity index (χ0n) is 17.0. The number of rotatable bonds is 7. The van der Waals surface area contributed by atoms with Crippen molar-refractivity contribution in [1.82, 2.24) is 9.62 Å². The van der Waals surface area contributed by atoms with Crippen molar-refractivity contribution in [3.05, 3.63) is 53.6 Å². The van der Waals surface area contributed by atoms with Gasteiger partial charge in [0.05, 0.1) is 14.2 Å². The van der Waals surface area contributed by atoms with Gasteiger partial charge in [0.25, 0.3) is 0 Å². The molecular weight excluding hydrogens is 408 g/mol. The Hall–Kier alpha value is -2.30. The van der Waals surface area contributed by atoms with Crippen LogP contribution in [0.5, 0.6) is 11.5 Å². The fourth-order valence-corrected chi connectivity index (χ4v) is 4.54. The summed E-state index contributed by atoms with van der Waals surface area (Å²) in [5.74, 6) is -0.760. The van der Waals surface area contributed by atoms with E-state index in [0.29, 0.717) is 24.3 Å². The van der Waals surface area contributed by atoms with Crippen molar-refractivity contribution in [1.29, 1.82) is 0 Å². The first-order valence-electron chi connectivity index (χ1n) is 9.52. The first-order valence-corrected chi connectivity index (χ1v) is 10.3. The molecule has 160 valence electrons. The number of hydrogen-bond donors (Lipinski definition) is 2. The van der Waals surface area contributed by atoms with Crippen LogP contribution in [0.25, 0.3) is 0 Å². The molecule has 0 radical (unpaired) electrons. The van der Waals surface area contributed by atoms with Crippen LogP contribution in [-0.4, -0.2) is 54.6 Å². The van der Waals surface area contributed by atoms with Crippen LogP contribution in [0, 0.1) is 0 Å². The molecule has 2 aliphatic heterocycles. The number of hydrogen-bond acceptors (Lipinski definition) is 8. The second-order valence-corrected chi connectivity index (χ2v) is 8.42. The molecule has 2 aliphatic rings. The van der Waals surface area contributed by atoms with Gasteiger partial charge in [-0.05, 0) is 48.7 Å². The predicted molar refractivity (Wildman–Crippen MR) is 110 cm³/mol. The van der Waals surface area contributed by atoms with Crippen molar-refractivity contribution < 1.29 is 29.1 Å². The summed E-state index contributed by atoms with van der Waals surface area (Å²) in [6.07, 6.45) is 0.859. The molecule has 2 N–H and O–H groups in total. The highest BCUT2D eigenvalue weighted by Crippen LogP contribution is 2.41. The van der Waals surface area contributed by atoms with Crippen molar-refractivity contribution >= 4 is 17.9 Å². The quantitative estimate of drug-likeness (QED) is 0.389. The van der Waals surface area contributed by atoms with E-state index in [-0.39, 0.29) is 5.91 Å². The molecule has 0 bridgehead atoms. The van der Waals surface area contributed by atoms with Crippen molar-refractivity contribution in [3.8, 4) is 11.5 Å². The highest BCUT2D eigenvalue weighted by atomic mass is 32.2. The van der Waals surface area contributed by atoms with Crippen LogP contribution >= 0.6 is 11.9 Å². The van der Waals surface area contributed by atoms with E-state index in [1.165, 1.54) is 11.9 Å². The maximum atomic E-state index is 13.1. The molecule has 30 heavy (non-hydrogen) atoms. The molecule has 1 amide bonds. The van der Waals surface area contributed by atoms with E-state index in [9.17, 15) is 9.90 Å². The number of ether oxygens (including phenoxy) is 2. The molecule has 1 saturated heterocycles. The van der Waals surface area contributed by atoms with Gasteiger partial charge >= 0.3 is 5.97 Å². The first-order chi connectivity index (χ1) is 14.4. The van der Waals surface area contributed by atoms with E-state index in [1.54, 1.807) is 14.2 Å². The lowest BCUT2D eigenvalue weighted by Crippen LogP contribution is -2.53. The van der Waals surface area contributed by atoms with Gasteiger partial charge < -0.3 is 19.9 Å². The number of nitrogens with zero attached hydrogens (tertiary/aromatic N) is 1. The number of fused-ring (bicyclic) bond motifs is 1. The van der Waals surface area contributed by atoms with Crippen LogP contribution in [0.2, 0.25) is 0 Å². The molecule has 1 fully saturated rings. The van der Waals surface area contributed by atoms with Gasteiger partial charge in [-0.2, -0.15) is 9.78 Å². The Balaban J connectivity index is 1.51. The van der Waals surface area contributed by atoms with Gasteiger partial charge in [0.15, 0.2) is 11.5 Å². The van der Waals surface area contributed by atoms with Crippen LogP contribution in [0.4, 0.5) is 0 Å². The van der Waals surface area contributed by atoms with Gasteiger partial charge in [-0.3, -0.25) is 4.79 Å². The second kappa shape index (κ2) is 8.44. The standard InChI is InChI=1S/C21H24N2O6S/c1-23-15(10-14-11-16(26-2)17(27-3)12-18(14)30-23)20(24)22-19(21(25)28-29-21)9-13-7-5-4-6-8-13/h4-8,11-12,15,19,25H,9-10H2,1-3H3,(H,22,24)/t15?,19-/m0/s1. The smallest absolute Gasteiger partial charge is 0.358 e. The number of carbonyl (C=O) groups is 1. The molecule has 2 aromatic carbocycles. The molecule has 2 aromatic rings. The van der Waals surface area contributed by atoms with E-state index in [0.717, 1.165) is 16.0 Å². The molecule has 8 nitrogen and oxygen atoms in total. The van der Waals surface area contributed by atoms with Crippen molar-refractivity contribution in [2.45, 2.75) is 35.8 Å². The summed E-state index contributed by atoms with van der Waals surface area (Å²) in [5, 5.41) is 13.2. The summed E-state index contributed by atoms with van der Waals surface area (Å²) in [5.41, 5.74) is 1.94. The maximum absolute atomic E-state index is 13.1. The fourth-order valence-electron chi connectivity index (χ4n) is 3.51. The van der Waals surface area contributed by atoms with Gasteiger partial charge in [0.2, 0.25) is 5.91 Å². The summed E-state index contributed by atoms with van der Waals surface area (Å²) in [4.78, 5) is 23.6. The minimum atomic E-state index is -1.81. The Morgan fingerprint density at radius 3 is 2.57 bits per heavy atom. The molecule has 4 rings (SSSR count). The molecule has 1 unspecified atom stereocenters. The molecule has 2 heterocycles. The van der Waals surface area contributed by atoms with Crippen LogP contribution in [0.3, 0.4) is 0 Å². The van der Waals surface area contributed by atoms with E-state index < -0.39 is 18.1 Å². The molecule has 0 saturated carbocycles. The third-order valence-electron chi connectivity index (χ3n) is 5.26. The largest absolute Gasteiger partial charge is 0.493 e. The third-order valence-corrected chi connectivity index (χ3v) is 6.38. The number of nitrogens with one attached hydrogen (secondary N) is 1. The SMILES string of the molecule is COc1cc2c(cc1OC)SN(C)C(C(=O)N[C@@H](Cc1ccccc1)C1(O)OO1)C2. The summed E-state index contributed by atoms with van der Waals surface area (Å²) in [7, 11) is 5.04. The Morgan fingerprint density at radius 2 is 1.93 bits per heavy atom. The average molecular weight is 432 g/mol. The zero-order valence-corrected chi connectivity index (χ0v) is 17.8. The predicted octanol–water partition coefficient (Wildman–Crippen LogP) is 1.90. The molecular formula is C21H24N2O6S. The number of carbonyl (C=O) groups excluding carboxylic acids is 1. The normalized spacial score (nSPS) is 20.7. The average Bonchev–Trinajstić information content (AvgIpc) is 3.51. The molecule has 0 spiro atoms. The number of amides is 1. The van der Waals surface area contributed by atoms with Gasteiger partial charge in [-0.1, -0.05) is 30.3 Å². The van der Waals surface area contributed by atoms with E-state index in [4.69, 9.17) is 19.2 Å². The van der Waals surface area contributed by atoms with Crippen molar-refractivity contribution in [2.75, 3.05) is 21.3 Å². The van der Waals surface area contributed by atoms with Crippen LogP contribution in [0.1, 0.15) is 11.1 Å². The van der Waals surface area contributed by atoms with Crippen molar-refractivity contribution in [3.63, 3.8) is 0 Å². The van der Waals surface area contributed by atoms with Gasteiger partial charge in [-0.25, -0.2) is 4.31 Å². The summed E-state index contributed by atoms with van der Waals surface area (Å²) < 4.78 is 12.7. The highest BCUT2D eigenvalue weighted by Gasteiger charge is 2.56. The fraction of sp³-hybridized carbons (Fsp3) is 0.381. The zero-order chi connectivity index (χ0) is 21.3. The van der Waals surface area contributed by atoms with Gasteiger partial charge in [0, 0.05) is 11.3 Å². The third kappa shape index (κ3) is 4.26. The van der Waals surface area contributed by atoms with E-state index in [1.807, 2.05) is 53.8 Å². The van der Waals surface area contributed by atoms with Gasteiger partial charge in [-0.15, -0.1) is 0 Å². The Morgan fingerprint density at radius 1 is 1.27 bits per heavy atom. The molecule has 2 atom stereocenters. The van der Waals surface area contributed by atoms with E-state index in [2.05, 4.69) is 5.32 Å². The molecule has 0 aromatic heterocycles. The second-order valence-electron chi connectivity index (χ2n) is 7.22. The lowest BCUT2D eigenvalue weighted by atomic mass is 10.0. The van der Waals surface area contributed by atoms with Crippen LogP contribution < -0.4 is 14.8 Å². The number of methoxy groups -OCH3 is 2. The number of benzene rings is 2. The van der Waals surface area contributed by atoms with Crippen LogP contribution in [0.15, 0.2) is 47.4 Å². The monoisotopic (exact) mass is 432 g/mol. The van der Waals surface area contributed by atoms with E-state index >= 15 is 0 Å². The first kappa shape index (κ1) is 21.0. The minimum absolute atomic E-state index is 0.223. The lowest BCUT2D eigenvalue weighted by molar-refractivity contribution is -0.128. The molecule has 0 aliphatic carbocycles. The Kier molecular flexibility index (Phi) is 5.90. The minimum Gasteiger partial charge on any atom is -0.493 e. The summed E-state index contributed by atoms with van der Waals surface area (Å²) in [6.45, 7) is 0. The lowest BCUT2D eigenvalue weighted by Gasteiger charge is -2.33. The Bertz CT molecular complexity index is 921. The summed E-state index contributed by atoms with van der Waals surface area (Å²) in [6, 6.07) is 12.2. The van der Waals surface area contributed by atoms with Gasteiger partial charge in [0.1, 0.15) is 12.1 Å².